The van der Waals surface area contributed by atoms with Crippen molar-refractivity contribution < 1.29 is 30.0 Å². The minimum absolute atomic E-state index is 0.712. The molecule has 0 aliphatic carbocycles. The Morgan fingerprint density at radius 1 is 0.917 bits per heavy atom. The molecular weight excluding hydrogens is 168 g/mol. The molecule has 0 rings (SSSR count). The highest BCUT2D eigenvalue weighted by atomic mass is 16.4. The topological polar surface area (TPSA) is 115 Å². The van der Waals surface area contributed by atoms with E-state index in [0.717, 1.165) is 0 Å². The van der Waals surface area contributed by atoms with Crippen molar-refractivity contribution in [3.05, 3.63) is 0 Å². The van der Waals surface area contributed by atoms with E-state index in [2.05, 4.69) is 0 Å². The van der Waals surface area contributed by atoms with Crippen LogP contribution in [-0.2, 0) is 9.59 Å². The van der Waals surface area contributed by atoms with Gasteiger partial charge in [0.25, 0.3) is 0 Å². The summed E-state index contributed by atoms with van der Waals surface area (Å²) in [5, 5.41) is 34.8. The maximum absolute atomic E-state index is 10.3. The van der Waals surface area contributed by atoms with Crippen LogP contribution in [0.2, 0.25) is 0 Å². The molecule has 0 saturated heterocycles. The first-order chi connectivity index (χ1) is 5.14. The third-order valence-corrected chi connectivity index (χ3v) is 1.78. The lowest BCUT2D eigenvalue weighted by Crippen LogP contribution is -2.60. The van der Waals surface area contributed by atoms with Gasteiger partial charge in [-0.1, -0.05) is 0 Å². The lowest BCUT2D eigenvalue weighted by Gasteiger charge is -2.30. The lowest BCUT2D eigenvalue weighted by atomic mass is 9.86. The highest BCUT2D eigenvalue weighted by Gasteiger charge is 2.53. The van der Waals surface area contributed by atoms with E-state index >= 15 is 0 Å². The van der Waals surface area contributed by atoms with Gasteiger partial charge in [-0.3, -0.25) is 0 Å². The summed E-state index contributed by atoms with van der Waals surface area (Å²) in [6.45, 7) is 1.42. The van der Waals surface area contributed by atoms with E-state index in [4.69, 9.17) is 20.4 Å². The molecule has 2 atom stereocenters. The van der Waals surface area contributed by atoms with Crippen LogP contribution >= 0.6 is 0 Å². The molecule has 0 unspecified atom stereocenters. The van der Waals surface area contributed by atoms with Crippen LogP contribution in [-0.4, -0.2) is 43.6 Å². The van der Waals surface area contributed by atoms with Gasteiger partial charge < -0.3 is 20.4 Å². The van der Waals surface area contributed by atoms with Gasteiger partial charge in [-0.15, -0.1) is 0 Å². The molecule has 70 valence electrons. The van der Waals surface area contributed by atoms with Crippen molar-refractivity contribution in [1.82, 2.24) is 0 Å². The van der Waals surface area contributed by atoms with Crippen LogP contribution in [0.1, 0.15) is 13.8 Å². The van der Waals surface area contributed by atoms with Gasteiger partial charge in [0.1, 0.15) is 0 Å². The number of carboxylic acids is 2. The van der Waals surface area contributed by atoms with Crippen LogP contribution < -0.4 is 0 Å². The molecule has 6 nitrogen and oxygen atoms in total. The first-order valence-electron chi connectivity index (χ1n) is 3.05. The Kier molecular flexibility index (Phi) is 2.46. The van der Waals surface area contributed by atoms with Crippen molar-refractivity contribution in [3.63, 3.8) is 0 Å². The maximum Gasteiger partial charge on any atom is 0.339 e. The second kappa shape index (κ2) is 2.72. The van der Waals surface area contributed by atoms with E-state index < -0.39 is 23.1 Å². The first kappa shape index (κ1) is 10.9. The quantitative estimate of drug-likeness (QED) is 0.425. The van der Waals surface area contributed by atoms with Gasteiger partial charge in [0.15, 0.2) is 11.2 Å². The fraction of sp³-hybridized carbons (Fsp3) is 0.667. The van der Waals surface area contributed by atoms with Crippen molar-refractivity contribution in [2.45, 2.75) is 25.0 Å². The van der Waals surface area contributed by atoms with Crippen molar-refractivity contribution in [2.24, 2.45) is 0 Å². The number of aliphatic hydroxyl groups is 2. The summed E-state index contributed by atoms with van der Waals surface area (Å²) in [7, 11) is 0. The Bertz CT molecular complexity index is 192. The molecule has 0 radical (unpaired) electrons. The molecule has 0 amide bonds. The number of hydrogen-bond acceptors (Lipinski definition) is 4. The Morgan fingerprint density at radius 3 is 1.17 bits per heavy atom. The van der Waals surface area contributed by atoms with Gasteiger partial charge in [-0.25, -0.2) is 9.59 Å². The zero-order chi connectivity index (χ0) is 10.2. The van der Waals surface area contributed by atoms with Crippen LogP contribution in [0.15, 0.2) is 0 Å². The van der Waals surface area contributed by atoms with Crippen molar-refractivity contribution in [3.8, 4) is 0 Å². The van der Waals surface area contributed by atoms with Crippen LogP contribution in [0.5, 0.6) is 0 Å². The van der Waals surface area contributed by atoms with Crippen LogP contribution in [0.3, 0.4) is 0 Å². The van der Waals surface area contributed by atoms with Crippen LogP contribution in [0.4, 0.5) is 0 Å². The normalized spacial score (nSPS) is 20.7. The molecule has 4 N–H and O–H groups in total. The molecule has 12 heavy (non-hydrogen) atoms. The van der Waals surface area contributed by atoms with E-state index in [1.165, 1.54) is 0 Å². The summed E-state index contributed by atoms with van der Waals surface area (Å²) in [6.07, 6.45) is 0. The van der Waals surface area contributed by atoms with Crippen LogP contribution in [0.25, 0.3) is 0 Å². The minimum Gasteiger partial charge on any atom is -0.479 e. The fourth-order valence-corrected chi connectivity index (χ4v) is 0.416. The average molecular weight is 178 g/mol. The van der Waals surface area contributed by atoms with Gasteiger partial charge in [-0.05, 0) is 13.8 Å². The summed E-state index contributed by atoms with van der Waals surface area (Å²) in [5.74, 6) is -3.59. The lowest BCUT2D eigenvalue weighted by molar-refractivity contribution is -0.199. The van der Waals surface area contributed by atoms with E-state index in [0.29, 0.717) is 13.8 Å². The van der Waals surface area contributed by atoms with Gasteiger partial charge in [0, 0.05) is 0 Å². The third-order valence-electron chi connectivity index (χ3n) is 1.78. The smallest absolute Gasteiger partial charge is 0.339 e. The summed E-state index contributed by atoms with van der Waals surface area (Å²) in [4.78, 5) is 20.6. The Hall–Kier alpha value is -1.14. The number of aliphatic carboxylic acids is 2. The fourth-order valence-electron chi connectivity index (χ4n) is 0.416. The number of rotatable bonds is 3. The second-order valence-electron chi connectivity index (χ2n) is 2.75. The third kappa shape index (κ3) is 1.39. The second-order valence-corrected chi connectivity index (χ2v) is 2.75. The van der Waals surface area contributed by atoms with Gasteiger partial charge >= 0.3 is 11.9 Å². The molecule has 6 heteroatoms. The van der Waals surface area contributed by atoms with Crippen molar-refractivity contribution in [2.75, 3.05) is 0 Å². The van der Waals surface area contributed by atoms with Gasteiger partial charge in [-0.2, -0.15) is 0 Å². The highest BCUT2D eigenvalue weighted by Crippen LogP contribution is 2.22. The molecule has 0 bridgehead atoms. The summed E-state index contributed by atoms with van der Waals surface area (Å²) in [6, 6.07) is 0. The maximum atomic E-state index is 10.3. The number of carbonyl (C=O) groups is 2. The first-order valence-corrected chi connectivity index (χ1v) is 3.05. The molecular formula is C6H10O6. The highest BCUT2D eigenvalue weighted by molar-refractivity contribution is 5.89. The summed E-state index contributed by atoms with van der Waals surface area (Å²) in [5.41, 5.74) is -5.42. The number of carboxylic acid groups (broad SMARTS) is 2. The monoisotopic (exact) mass is 178 g/mol. The molecule has 0 heterocycles. The standard InChI is InChI=1S/C6H10O6/c1-5(11,3(7)8)6(2,12)4(9)10/h11-12H,1-2H3,(H,7,8)(H,9,10)/t5-,6+. The Balaban J connectivity index is 5.01. The van der Waals surface area contributed by atoms with E-state index in [9.17, 15) is 9.59 Å². The van der Waals surface area contributed by atoms with Crippen LogP contribution in [0, 0.1) is 0 Å². The Labute approximate surface area is 68.1 Å². The molecule has 0 fully saturated rings. The predicted octanol–water partition coefficient (Wildman–Crippen LogP) is -1.34. The number of hydrogen-bond donors (Lipinski definition) is 4. The van der Waals surface area contributed by atoms with E-state index in [1.807, 2.05) is 0 Å². The molecule has 0 aromatic rings. The van der Waals surface area contributed by atoms with Gasteiger partial charge in [0.2, 0.25) is 0 Å². The largest absolute Gasteiger partial charge is 0.479 e. The van der Waals surface area contributed by atoms with Crippen molar-refractivity contribution in [1.29, 1.82) is 0 Å². The minimum atomic E-state index is -2.71. The predicted molar refractivity (Wildman–Crippen MR) is 36.5 cm³/mol. The Morgan fingerprint density at radius 2 is 1.08 bits per heavy atom. The molecule has 0 aromatic heterocycles. The summed E-state index contributed by atoms with van der Waals surface area (Å²) < 4.78 is 0. The zero-order valence-corrected chi connectivity index (χ0v) is 6.61. The molecule has 0 aromatic carbocycles. The zero-order valence-electron chi connectivity index (χ0n) is 6.61. The SMILES string of the molecule is C[C@](O)(C(=O)O)[C@](C)(O)C(=O)O. The molecule has 0 aliphatic rings. The van der Waals surface area contributed by atoms with E-state index in [1.54, 1.807) is 0 Å². The molecule has 0 spiro atoms. The van der Waals surface area contributed by atoms with Crippen molar-refractivity contribution >= 4 is 11.9 Å². The van der Waals surface area contributed by atoms with Gasteiger partial charge in [0.05, 0.1) is 0 Å². The van der Waals surface area contributed by atoms with E-state index in [-0.39, 0.29) is 0 Å². The average Bonchev–Trinajstić information content (AvgIpc) is 1.86. The summed E-state index contributed by atoms with van der Waals surface area (Å²) >= 11 is 0. The molecule has 0 saturated carbocycles. The molecule has 0 aliphatic heterocycles.